The monoisotopic (exact) mass is 509 g/mol. The summed E-state index contributed by atoms with van der Waals surface area (Å²) >= 11 is 0. The molecule has 28 heavy (non-hydrogen) atoms. The summed E-state index contributed by atoms with van der Waals surface area (Å²) in [6.07, 6.45) is 18.2. The highest BCUT2D eigenvalue weighted by molar-refractivity contribution is 14.0. The van der Waals surface area contributed by atoms with E-state index in [1.807, 2.05) is 6.92 Å². The largest absolute Gasteiger partial charge is 0.443 e. The molecule has 0 amide bonds. The first-order chi connectivity index (χ1) is 13.0. The van der Waals surface area contributed by atoms with Crippen LogP contribution in [0.15, 0.2) is 12.2 Å². The Morgan fingerprint density at radius 1 is 0.786 bits per heavy atom. The van der Waals surface area contributed by atoms with Gasteiger partial charge >= 0.3 is 5.97 Å². The van der Waals surface area contributed by atoms with Crippen LogP contribution < -0.4 is 0 Å². The van der Waals surface area contributed by atoms with Crippen LogP contribution in [0.3, 0.4) is 0 Å². The molecule has 0 aromatic rings. The second-order valence-corrected chi connectivity index (χ2v) is 8.06. The molecule has 1 unspecified atom stereocenters. The van der Waals surface area contributed by atoms with Gasteiger partial charge < -0.3 is 4.74 Å². The number of rotatable bonds is 19. The molecule has 4 heteroatoms. The highest BCUT2D eigenvalue weighted by atomic mass is 127. The van der Waals surface area contributed by atoms with E-state index in [4.69, 9.17) is 4.74 Å². The molecule has 0 aliphatic heterocycles. The average molecular weight is 510 g/mol. The first-order valence-corrected chi connectivity index (χ1v) is 11.6. The second kappa shape index (κ2) is 21.6. The summed E-state index contributed by atoms with van der Waals surface area (Å²) in [4.78, 5) is 14.2. The molecule has 0 saturated heterocycles. The molecule has 0 spiro atoms. The standard InChI is InChI=1S/C24H47NO2.HI/c1-6-8-10-12-14-16-18-20-25(23(5)27-24(26)22(3)4)21-19-17-15-13-11-9-7-2;/h23H,3,6-21H2,1-2,4-5H3;1H. The number of ether oxygens (including phenoxy) is 1. The van der Waals surface area contributed by atoms with Crippen LogP contribution in [-0.4, -0.2) is 30.2 Å². The van der Waals surface area contributed by atoms with Gasteiger partial charge in [0.1, 0.15) is 0 Å². The van der Waals surface area contributed by atoms with Gasteiger partial charge in [0.25, 0.3) is 0 Å². The molecular weight excluding hydrogens is 461 g/mol. The maximum absolute atomic E-state index is 11.9. The Morgan fingerprint density at radius 2 is 1.14 bits per heavy atom. The van der Waals surface area contributed by atoms with E-state index in [0.717, 1.165) is 13.1 Å². The van der Waals surface area contributed by atoms with E-state index in [-0.39, 0.29) is 36.2 Å². The van der Waals surface area contributed by atoms with E-state index < -0.39 is 0 Å². The summed E-state index contributed by atoms with van der Waals surface area (Å²) in [5, 5.41) is 0. The topological polar surface area (TPSA) is 29.5 Å². The highest BCUT2D eigenvalue weighted by Crippen LogP contribution is 2.13. The Kier molecular flexibility index (Phi) is 23.2. The summed E-state index contributed by atoms with van der Waals surface area (Å²) < 4.78 is 5.58. The van der Waals surface area contributed by atoms with Crippen LogP contribution >= 0.6 is 24.0 Å². The lowest BCUT2D eigenvalue weighted by atomic mass is 10.1. The normalized spacial score (nSPS) is 11.9. The Balaban J connectivity index is 0. The van der Waals surface area contributed by atoms with E-state index in [9.17, 15) is 4.79 Å². The van der Waals surface area contributed by atoms with Crippen LogP contribution in [-0.2, 0) is 9.53 Å². The molecule has 1 atom stereocenters. The van der Waals surface area contributed by atoms with Crippen molar-refractivity contribution in [3.05, 3.63) is 12.2 Å². The van der Waals surface area contributed by atoms with Crippen molar-refractivity contribution in [1.29, 1.82) is 0 Å². The van der Waals surface area contributed by atoms with Crippen LogP contribution in [0.2, 0.25) is 0 Å². The number of nitrogens with zero attached hydrogens (tertiary/aromatic N) is 1. The minimum atomic E-state index is -0.272. The molecule has 168 valence electrons. The number of halogens is 1. The summed E-state index contributed by atoms with van der Waals surface area (Å²) in [6, 6.07) is 0. The van der Waals surface area contributed by atoms with E-state index in [0.29, 0.717) is 5.57 Å². The summed E-state index contributed by atoms with van der Waals surface area (Å²) in [7, 11) is 0. The lowest BCUT2D eigenvalue weighted by molar-refractivity contribution is -0.152. The van der Waals surface area contributed by atoms with Crippen molar-refractivity contribution in [2.75, 3.05) is 13.1 Å². The van der Waals surface area contributed by atoms with E-state index in [2.05, 4.69) is 25.3 Å². The summed E-state index contributed by atoms with van der Waals surface area (Å²) in [5.41, 5.74) is 0.480. The number of hydrogen-bond acceptors (Lipinski definition) is 3. The quantitative estimate of drug-likeness (QED) is 0.0583. The Morgan fingerprint density at radius 3 is 1.50 bits per heavy atom. The molecular formula is C24H48INO2. The zero-order valence-electron chi connectivity index (χ0n) is 19.3. The van der Waals surface area contributed by atoms with E-state index in [1.54, 1.807) is 6.92 Å². The van der Waals surface area contributed by atoms with E-state index >= 15 is 0 Å². The van der Waals surface area contributed by atoms with Crippen molar-refractivity contribution < 1.29 is 9.53 Å². The summed E-state index contributed by atoms with van der Waals surface area (Å²) in [5.74, 6) is -0.272. The fourth-order valence-electron chi connectivity index (χ4n) is 3.35. The summed E-state index contributed by atoms with van der Waals surface area (Å²) in [6.45, 7) is 14.0. The van der Waals surface area contributed by atoms with Gasteiger partial charge in [-0.05, 0) is 26.7 Å². The van der Waals surface area contributed by atoms with Gasteiger partial charge in [0, 0.05) is 18.7 Å². The molecule has 0 heterocycles. The van der Waals surface area contributed by atoms with Crippen molar-refractivity contribution in [2.24, 2.45) is 0 Å². The van der Waals surface area contributed by atoms with Crippen LogP contribution in [0, 0.1) is 0 Å². The zero-order valence-corrected chi connectivity index (χ0v) is 21.6. The molecule has 0 fully saturated rings. The fraction of sp³-hybridized carbons (Fsp3) is 0.875. The van der Waals surface area contributed by atoms with Gasteiger partial charge in [-0.2, -0.15) is 0 Å². The molecule has 0 saturated carbocycles. The molecule has 0 aliphatic rings. The number of carbonyl (C=O) groups excluding carboxylic acids is 1. The van der Waals surface area contributed by atoms with Gasteiger partial charge in [-0.1, -0.05) is 97.5 Å². The average Bonchev–Trinajstić information content (AvgIpc) is 2.64. The van der Waals surface area contributed by atoms with Crippen LogP contribution in [0.1, 0.15) is 118 Å². The van der Waals surface area contributed by atoms with Crippen LogP contribution in [0.25, 0.3) is 0 Å². The van der Waals surface area contributed by atoms with E-state index in [1.165, 1.54) is 89.9 Å². The zero-order chi connectivity index (χ0) is 20.3. The molecule has 0 aliphatic carbocycles. The van der Waals surface area contributed by atoms with Crippen molar-refractivity contribution in [3.8, 4) is 0 Å². The third kappa shape index (κ3) is 18.0. The molecule has 3 nitrogen and oxygen atoms in total. The lowest BCUT2D eigenvalue weighted by Gasteiger charge is -2.29. The van der Waals surface area contributed by atoms with Gasteiger partial charge in [0.05, 0.1) is 0 Å². The maximum Gasteiger partial charge on any atom is 0.334 e. The maximum atomic E-state index is 11.9. The minimum absolute atomic E-state index is 0. The van der Waals surface area contributed by atoms with Gasteiger partial charge in [-0.25, -0.2) is 4.79 Å². The van der Waals surface area contributed by atoms with Crippen molar-refractivity contribution >= 4 is 29.9 Å². The van der Waals surface area contributed by atoms with Crippen molar-refractivity contribution in [3.63, 3.8) is 0 Å². The number of esters is 1. The van der Waals surface area contributed by atoms with Crippen LogP contribution in [0.4, 0.5) is 0 Å². The first kappa shape index (κ1) is 30.1. The Labute approximate surface area is 193 Å². The molecule has 0 aromatic heterocycles. The Bertz CT molecular complexity index is 356. The number of unbranched alkanes of at least 4 members (excludes halogenated alkanes) is 12. The number of carbonyl (C=O) groups is 1. The minimum Gasteiger partial charge on any atom is -0.443 e. The van der Waals surface area contributed by atoms with Gasteiger partial charge in [0.15, 0.2) is 6.23 Å². The molecule has 0 radical (unpaired) electrons. The van der Waals surface area contributed by atoms with Gasteiger partial charge in [-0.15, -0.1) is 24.0 Å². The predicted octanol–water partition coefficient (Wildman–Crippen LogP) is 7.87. The smallest absolute Gasteiger partial charge is 0.334 e. The van der Waals surface area contributed by atoms with Crippen molar-refractivity contribution in [1.82, 2.24) is 4.90 Å². The molecule has 0 bridgehead atoms. The highest BCUT2D eigenvalue weighted by Gasteiger charge is 2.17. The fourth-order valence-corrected chi connectivity index (χ4v) is 3.35. The SMILES string of the molecule is C=C(C)C(=O)OC(C)N(CCCCCCCCC)CCCCCCCCC.I. The van der Waals surface area contributed by atoms with Crippen LogP contribution in [0.5, 0.6) is 0 Å². The first-order valence-electron chi connectivity index (χ1n) is 11.6. The van der Waals surface area contributed by atoms with Crippen molar-refractivity contribution in [2.45, 2.75) is 124 Å². The predicted molar refractivity (Wildman–Crippen MR) is 133 cm³/mol. The second-order valence-electron chi connectivity index (χ2n) is 8.06. The third-order valence-corrected chi connectivity index (χ3v) is 5.24. The van der Waals surface area contributed by atoms with Gasteiger partial charge in [-0.3, -0.25) is 4.90 Å². The Hall–Kier alpha value is -0.100. The number of hydrogen-bond donors (Lipinski definition) is 0. The van der Waals surface area contributed by atoms with Gasteiger partial charge in [0.2, 0.25) is 0 Å². The molecule has 0 aromatic carbocycles. The third-order valence-electron chi connectivity index (χ3n) is 5.24. The lowest BCUT2D eigenvalue weighted by Crippen LogP contribution is -2.38. The molecule has 0 N–H and O–H groups in total. The molecule has 0 rings (SSSR count).